The van der Waals surface area contributed by atoms with Gasteiger partial charge in [-0.25, -0.2) is 0 Å². The second-order valence-corrected chi connectivity index (χ2v) is 23.5. The van der Waals surface area contributed by atoms with Crippen molar-refractivity contribution in [3.05, 3.63) is 367 Å². The number of rotatable bonds is 8. The Labute approximate surface area is 477 Å². The first-order valence-electron chi connectivity index (χ1n) is 28.8. The van der Waals surface area contributed by atoms with Crippen LogP contribution in [0, 0.1) is 41.5 Å². The topological polar surface area (TPSA) is 0 Å². The summed E-state index contributed by atoms with van der Waals surface area (Å²) in [6.07, 6.45) is 0. The van der Waals surface area contributed by atoms with Crippen LogP contribution in [0.2, 0.25) is 0 Å². The number of aryl methyl sites for hydroxylation is 6. The summed E-state index contributed by atoms with van der Waals surface area (Å²) in [5, 5.41) is 0. The van der Waals surface area contributed by atoms with E-state index >= 15 is 0 Å². The number of fused-ring (bicyclic) bond motifs is 9. The minimum Gasteiger partial charge on any atom is -0.0619 e. The Kier molecular flexibility index (Phi) is 11.0. The van der Waals surface area contributed by atoms with Crippen LogP contribution in [0.5, 0.6) is 0 Å². The average molecular weight is 1040 g/mol. The first kappa shape index (κ1) is 48.7. The highest BCUT2D eigenvalue weighted by Crippen LogP contribution is 2.63. The molecule has 0 nitrogen and oxygen atoms in total. The van der Waals surface area contributed by atoms with Crippen molar-refractivity contribution >= 4 is 0 Å². The fourth-order valence-corrected chi connectivity index (χ4v) is 15.0. The Bertz CT molecular complexity index is 4070. The van der Waals surface area contributed by atoms with E-state index in [1.54, 1.807) is 0 Å². The van der Waals surface area contributed by atoms with Crippen LogP contribution in [0.4, 0.5) is 0 Å². The summed E-state index contributed by atoms with van der Waals surface area (Å²) in [5.74, 6) is 0. The molecule has 81 heavy (non-hydrogen) atoms. The maximum absolute atomic E-state index is 2.57. The van der Waals surface area contributed by atoms with Crippen LogP contribution in [0.3, 0.4) is 0 Å². The van der Waals surface area contributed by atoms with Crippen LogP contribution in [-0.4, -0.2) is 0 Å². The van der Waals surface area contributed by atoms with Gasteiger partial charge in [-0.15, -0.1) is 0 Å². The molecule has 0 amide bonds. The Morgan fingerprint density at radius 1 is 0.185 bits per heavy atom. The highest BCUT2D eigenvalue weighted by Gasteiger charge is 2.50. The van der Waals surface area contributed by atoms with Gasteiger partial charge in [0.05, 0.1) is 16.2 Å². The van der Waals surface area contributed by atoms with Crippen molar-refractivity contribution in [2.45, 2.75) is 57.8 Å². The molecule has 0 N–H and O–H groups in total. The van der Waals surface area contributed by atoms with E-state index in [0.29, 0.717) is 0 Å². The van der Waals surface area contributed by atoms with E-state index in [9.17, 15) is 0 Å². The highest BCUT2D eigenvalue weighted by atomic mass is 14.5. The fourth-order valence-electron chi connectivity index (χ4n) is 15.0. The fraction of sp³-hybridized carbons (Fsp3) is 0.111. The van der Waals surface area contributed by atoms with Gasteiger partial charge >= 0.3 is 0 Å². The van der Waals surface area contributed by atoms with E-state index in [-0.39, 0.29) is 0 Å². The molecule has 386 valence electrons. The van der Waals surface area contributed by atoms with Gasteiger partial charge in [-0.3, -0.25) is 0 Å². The summed E-state index contributed by atoms with van der Waals surface area (Å²) in [7, 11) is 0. The molecule has 0 saturated heterocycles. The third-order valence-electron chi connectivity index (χ3n) is 18.8. The summed E-state index contributed by atoms with van der Waals surface area (Å²) in [6.45, 7) is 13.2. The lowest BCUT2D eigenvalue weighted by molar-refractivity contribution is 0.766. The molecule has 3 aliphatic rings. The van der Waals surface area contributed by atoms with E-state index in [1.807, 2.05) is 0 Å². The van der Waals surface area contributed by atoms with E-state index in [2.05, 4.69) is 308 Å². The van der Waals surface area contributed by atoms with Crippen LogP contribution in [0.25, 0.3) is 55.6 Å². The van der Waals surface area contributed by atoms with Gasteiger partial charge in [0, 0.05) is 0 Å². The second-order valence-electron chi connectivity index (χ2n) is 23.5. The van der Waals surface area contributed by atoms with Crippen molar-refractivity contribution in [3.8, 4) is 55.6 Å². The van der Waals surface area contributed by atoms with E-state index < -0.39 is 16.2 Å². The lowest BCUT2D eigenvalue weighted by Gasteiger charge is -2.35. The van der Waals surface area contributed by atoms with Crippen molar-refractivity contribution in [1.82, 2.24) is 0 Å². The van der Waals surface area contributed by atoms with E-state index in [1.165, 1.54) is 156 Å². The zero-order valence-corrected chi connectivity index (χ0v) is 46.9. The lowest BCUT2D eigenvalue weighted by Crippen LogP contribution is -2.29. The standard InChI is InChI=1S/C81H62/c1-51-21-35-59(36-22-51)79(60-37-23-52(2)24-38-60)71-17-9-7-13-69(71)77-65(15-11-19-73(77)79)57-33-47-67-68-48-34-58(50-76(68)81(75(67)49-57,63-43-29-55(5)30-44-63)64-45-31-56(6)32-46-64)66-16-12-20-74-78(66)70-14-8-10-18-72(70)80(74,61-39-25-53(3)26-40-61)62-41-27-54(4)28-42-62/h7-50H,1-6H3. The van der Waals surface area contributed by atoms with Crippen LogP contribution < -0.4 is 0 Å². The first-order valence-corrected chi connectivity index (χ1v) is 28.8. The zero-order chi connectivity index (χ0) is 54.8. The van der Waals surface area contributed by atoms with Gasteiger partial charge in [-0.05, 0) is 176 Å². The van der Waals surface area contributed by atoms with Crippen molar-refractivity contribution in [3.63, 3.8) is 0 Å². The SMILES string of the molecule is Cc1ccc(C2(c3ccc(C)cc3)c3cc(-c4cccc5c4-c4ccccc4C5(c4ccc(C)cc4)c4ccc(C)cc4)ccc3-c3ccc(-c4cccc5c4-c4ccccc4C5(c4ccc(C)cc4)c4ccc(C)cc4)cc32)cc1. The van der Waals surface area contributed by atoms with Crippen LogP contribution in [-0.2, 0) is 16.2 Å². The molecule has 0 heterocycles. The lowest BCUT2D eigenvalue weighted by atomic mass is 9.66. The predicted molar refractivity (Wildman–Crippen MR) is 338 cm³/mol. The highest BCUT2D eigenvalue weighted by molar-refractivity contribution is 6.00. The zero-order valence-electron chi connectivity index (χ0n) is 46.9. The molecule has 0 bridgehead atoms. The van der Waals surface area contributed by atoms with Gasteiger partial charge in [0.1, 0.15) is 0 Å². The smallest absolute Gasteiger partial charge is 0.0619 e. The predicted octanol–water partition coefficient (Wildman–Crippen LogP) is 20.0. The molecule has 0 aliphatic heterocycles. The Morgan fingerprint density at radius 2 is 0.432 bits per heavy atom. The van der Waals surface area contributed by atoms with Crippen LogP contribution in [0.15, 0.2) is 267 Å². The van der Waals surface area contributed by atoms with Crippen molar-refractivity contribution in [2.24, 2.45) is 0 Å². The molecule has 0 fully saturated rings. The molecule has 15 rings (SSSR count). The van der Waals surface area contributed by atoms with Crippen molar-refractivity contribution in [1.29, 1.82) is 0 Å². The third-order valence-corrected chi connectivity index (χ3v) is 18.8. The molecule has 0 saturated carbocycles. The monoisotopic (exact) mass is 1030 g/mol. The summed E-state index contributed by atoms with van der Waals surface area (Å²) >= 11 is 0. The molecule has 0 unspecified atom stereocenters. The second kappa shape index (κ2) is 18.3. The van der Waals surface area contributed by atoms with Gasteiger partial charge in [0.15, 0.2) is 0 Å². The summed E-state index contributed by atoms with van der Waals surface area (Å²) in [5.41, 5.74) is 33.9. The van der Waals surface area contributed by atoms with Crippen molar-refractivity contribution in [2.75, 3.05) is 0 Å². The maximum atomic E-state index is 2.57. The number of benzene rings is 12. The minimum atomic E-state index is -0.662. The minimum absolute atomic E-state index is 0.516. The summed E-state index contributed by atoms with van der Waals surface area (Å²) in [6, 6.07) is 103. The Morgan fingerprint density at radius 3 is 0.728 bits per heavy atom. The van der Waals surface area contributed by atoms with Gasteiger partial charge in [0.2, 0.25) is 0 Å². The molecule has 12 aromatic carbocycles. The Hall–Kier alpha value is -9.36. The molecular formula is C81H62. The van der Waals surface area contributed by atoms with E-state index in [4.69, 9.17) is 0 Å². The molecule has 0 aromatic heterocycles. The number of hydrogen-bond donors (Lipinski definition) is 0. The maximum Gasteiger partial charge on any atom is 0.0714 e. The molecular weight excluding hydrogens is 973 g/mol. The van der Waals surface area contributed by atoms with Gasteiger partial charge < -0.3 is 0 Å². The third kappa shape index (κ3) is 6.96. The first-order chi connectivity index (χ1) is 39.6. The largest absolute Gasteiger partial charge is 0.0714 e. The van der Waals surface area contributed by atoms with Crippen LogP contribution in [0.1, 0.15) is 100 Å². The molecule has 0 radical (unpaired) electrons. The number of hydrogen-bond acceptors (Lipinski definition) is 0. The summed E-state index contributed by atoms with van der Waals surface area (Å²) < 4.78 is 0. The van der Waals surface area contributed by atoms with Crippen molar-refractivity contribution < 1.29 is 0 Å². The molecule has 0 atom stereocenters. The quantitative estimate of drug-likeness (QED) is 0.142. The Balaban J connectivity index is 0.982. The summed E-state index contributed by atoms with van der Waals surface area (Å²) in [4.78, 5) is 0. The van der Waals surface area contributed by atoms with Gasteiger partial charge in [-0.2, -0.15) is 0 Å². The molecule has 0 heteroatoms. The van der Waals surface area contributed by atoms with Gasteiger partial charge in [-0.1, -0.05) is 288 Å². The normalized spacial score (nSPS) is 14.3. The van der Waals surface area contributed by atoms with Gasteiger partial charge in [0.25, 0.3) is 0 Å². The molecule has 12 aromatic rings. The van der Waals surface area contributed by atoms with Crippen LogP contribution >= 0.6 is 0 Å². The van der Waals surface area contributed by atoms with E-state index in [0.717, 1.165) is 0 Å². The molecule has 3 aliphatic carbocycles. The average Bonchev–Trinajstić information content (AvgIpc) is 4.14. The molecule has 0 spiro atoms.